The maximum atomic E-state index is 13.7. The van der Waals surface area contributed by atoms with Gasteiger partial charge in [-0.25, -0.2) is 4.98 Å². The molecule has 5 aromatic rings. The Kier molecular flexibility index (Phi) is 7.00. The van der Waals surface area contributed by atoms with Gasteiger partial charge >= 0.3 is 0 Å². The summed E-state index contributed by atoms with van der Waals surface area (Å²) in [5.74, 6) is -0.265. The number of aryl methyl sites for hydroxylation is 2. The van der Waals surface area contributed by atoms with Gasteiger partial charge in [-0.3, -0.25) is 28.5 Å². The highest BCUT2D eigenvalue weighted by Gasteiger charge is 2.24. The fraction of sp³-hybridized carbons (Fsp3) is 0.267. The minimum Gasteiger partial charge on any atom is -0.323 e. The monoisotopic (exact) mass is 568 g/mol. The molecule has 0 saturated heterocycles. The van der Waals surface area contributed by atoms with Crippen LogP contribution in [-0.4, -0.2) is 40.0 Å². The van der Waals surface area contributed by atoms with Crippen molar-refractivity contribution < 1.29 is 4.79 Å². The van der Waals surface area contributed by atoms with E-state index in [4.69, 9.17) is 16.6 Å². The van der Waals surface area contributed by atoms with Gasteiger partial charge in [0.1, 0.15) is 0 Å². The summed E-state index contributed by atoms with van der Waals surface area (Å²) in [4.78, 5) is 36.0. The van der Waals surface area contributed by atoms with Crippen LogP contribution in [0, 0.1) is 5.92 Å². The van der Waals surface area contributed by atoms with Gasteiger partial charge < -0.3 is 5.32 Å². The Labute approximate surface area is 241 Å². The van der Waals surface area contributed by atoms with E-state index in [1.54, 1.807) is 44.8 Å². The first-order chi connectivity index (χ1) is 19.8. The van der Waals surface area contributed by atoms with Crippen LogP contribution in [0.4, 0.5) is 5.69 Å². The van der Waals surface area contributed by atoms with Gasteiger partial charge in [0.15, 0.2) is 0 Å². The summed E-state index contributed by atoms with van der Waals surface area (Å²) in [6.07, 6.45) is 8.82. The predicted molar refractivity (Wildman–Crippen MR) is 157 cm³/mol. The molecule has 2 unspecified atom stereocenters. The van der Waals surface area contributed by atoms with Crippen LogP contribution >= 0.6 is 11.6 Å². The van der Waals surface area contributed by atoms with Crippen molar-refractivity contribution in [2.75, 3.05) is 5.32 Å². The molecule has 10 nitrogen and oxygen atoms in total. The van der Waals surface area contributed by atoms with E-state index < -0.39 is 0 Å². The zero-order chi connectivity index (χ0) is 28.7. The van der Waals surface area contributed by atoms with Crippen LogP contribution in [-0.2, 0) is 18.9 Å². The van der Waals surface area contributed by atoms with Crippen molar-refractivity contribution in [2.45, 2.75) is 32.2 Å². The van der Waals surface area contributed by atoms with E-state index in [9.17, 15) is 9.59 Å². The molecule has 208 valence electrons. The molecule has 11 heteroatoms. The van der Waals surface area contributed by atoms with Crippen LogP contribution in [0.5, 0.6) is 0 Å². The maximum Gasteiger partial charge on any atom is 0.254 e. The molecular weight excluding hydrogens is 540 g/mol. The second-order valence-corrected chi connectivity index (χ2v) is 10.9. The fourth-order valence-electron chi connectivity index (χ4n) is 5.38. The molecule has 1 N–H and O–H groups in total. The third kappa shape index (κ3) is 5.18. The number of nitrogens with zero attached hydrogens (tertiary/aromatic N) is 7. The molecule has 0 radical (unpaired) electrons. The van der Waals surface area contributed by atoms with Crippen molar-refractivity contribution >= 4 is 23.2 Å². The normalized spacial score (nSPS) is 17.3. The summed E-state index contributed by atoms with van der Waals surface area (Å²) in [5, 5.41) is 12.5. The van der Waals surface area contributed by atoms with Crippen LogP contribution in [0.2, 0.25) is 5.02 Å². The van der Waals surface area contributed by atoms with E-state index in [1.165, 1.54) is 6.07 Å². The van der Waals surface area contributed by atoms with E-state index in [0.29, 0.717) is 29.2 Å². The zero-order valence-electron chi connectivity index (χ0n) is 23.0. The molecule has 1 aromatic carbocycles. The lowest BCUT2D eigenvalue weighted by atomic mass is 9.97. The maximum absolute atomic E-state index is 13.7. The van der Waals surface area contributed by atoms with Crippen LogP contribution in [0.1, 0.15) is 37.9 Å². The summed E-state index contributed by atoms with van der Waals surface area (Å²) >= 11 is 6.36. The summed E-state index contributed by atoms with van der Waals surface area (Å²) < 4.78 is 5.08. The Morgan fingerprint density at radius 2 is 1.83 bits per heavy atom. The molecule has 0 spiro atoms. The number of halogens is 1. The lowest BCUT2D eigenvalue weighted by Crippen LogP contribution is -2.27. The number of carbonyl (C=O) groups is 1. The smallest absolute Gasteiger partial charge is 0.254 e. The number of carbonyl (C=O) groups excluding carboxylic acids is 1. The number of hydrogen-bond donors (Lipinski definition) is 1. The third-order valence-corrected chi connectivity index (χ3v) is 7.81. The first kappa shape index (κ1) is 26.6. The first-order valence-corrected chi connectivity index (χ1v) is 13.8. The molecule has 1 aliphatic heterocycles. The largest absolute Gasteiger partial charge is 0.323 e. The van der Waals surface area contributed by atoms with E-state index in [-0.39, 0.29) is 23.4 Å². The van der Waals surface area contributed by atoms with E-state index in [2.05, 4.69) is 20.5 Å². The lowest BCUT2D eigenvalue weighted by Gasteiger charge is -2.22. The fourth-order valence-corrected chi connectivity index (χ4v) is 5.56. The number of anilines is 1. The average Bonchev–Trinajstić information content (AvgIpc) is 3.55. The van der Waals surface area contributed by atoms with Crippen molar-refractivity contribution in [3.05, 3.63) is 88.5 Å². The second kappa shape index (κ2) is 10.8. The second-order valence-electron chi connectivity index (χ2n) is 10.4. The highest BCUT2D eigenvalue weighted by Crippen LogP contribution is 2.34. The van der Waals surface area contributed by atoms with Gasteiger partial charge in [-0.1, -0.05) is 31.0 Å². The minimum atomic E-state index is -0.370. The Morgan fingerprint density at radius 1 is 0.976 bits per heavy atom. The summed E-state index contributed by atoms with van der Waals surface area (Å²) in [6, 6.07) is 12.4. The summed E-state index contributed by atoms with van der Waals surface area (Å²) in [5.41, 5.74) is 5.62. The molecule has 5 heterocycles. The van der Waals surface area contributed by atoms with Gasteiger partial charge in [0.2, 0.25) is 5.91 Å². The number of fused-ring (bicyclic) bond motifs is 4. The third-order valence-electron chi connectivity index (χ3n) is 7.57. The standard InChI is InChI=1S/C30H29ClN8O2/c1-18-5-4-6-27(25-13-19(9-11-32-25)29-26(35-30(18)41)16-34-38(29)3)39-17-33-24(15-28(39)40)22-14-20(31)7-8-21(22)23-10-12-37(2)36-23/h7-18,27H,4-6H2,1-3H3,(H,35,41). The van der Waals surface area contributed by atoms with Crippen LogP contribution < -0.4 is 10.9 Å². The molecule has 6 rings (SSSR count). The molecule has 0 aliphatic carbocycles. The van der Waals surface area contributed by atoms with Crippen molar-refractivity contribution in [2.24, 2.45) is 20.0 Å². The van der Waals surface area contributed by atoms with Gasteiger partial charge in [0, 0.05) is 60.2 Å². The van der Waals surface area contributed by atoms with Gasteiger partial charge in [-0.15, -0.1) is 0 Å². The topological polar surface area (TPSA) is 113 Å². The summed E-state index contributed by atoms with van der Waals surface area (Å²) in [6.45, 7) is 1.91. The van der Waals surface area contributed by atoms with E-state index in [0.717, 1.165) is 40.2 Å². The van der Waals surface area contributed by atoms with Crippen LogP contribution in [0.15, 0.2) is 72.2 Å². The average molecular weight is 569 g/mol. The SMILES string of the molecule is CC1CCCC(n2cnc(-c3cc(Cl)ccc3-c3ccn(C)n3)cc2=O)c2cc(ccn2)-c2c(cnn2C)NC1=O. The predicted octanol–water partition coefficient (Wildman–Crippen LogP) is 5.11. The van der Waals surface area contributed by atoms with Gasteiger partial charge in [-0.2, -0.15) is 10.2 Å². The number of rotatable bonds is 3. The molecule has 4 aromatic heterocycles. The van der Waals surface area contributed by atoms with Crippen molar-refractivity contribution in [1.29, 1.82) is 0 Å². The Balaban J connectivity index is 1.44. The van der Waals surface area contributed by atoms with Crippen LogP contribution in [0.25, 0.3) is 33.8 Å². The number of amides is 1. The summed E-state index contributed by atoms with van der Waals surface area (Å²) in [7, 11) is 3.69. The van der Waals surface area contributed by atoms with E-state index >= 15 is 0 Å². The van der Waals surface area contributed by atoms with Crippen LogP contribution in [0.3, 0.4) is 0 Å². The Morgan fingerprint density at radius 3 is 2.61 bits per heavy atom. The minimum absolute atomic E-state index is 0.0564. The van der Waals surface area contributed by atoms with Gasteiger partial charge in [0.25, 0.3) is 5.56 Å². The Hall–Kier alpha value is -4.57. The molecule has 1 amide bonds. The highest BCUT2D eigenvalue weighted by atomic mass is 35.5. The Bertz CT molecular complexity index is 1820. The quantitative estimate of drug-likeness (QED) is 0.324. The number of benzene rings is 1. The van der Waals surface area contributed by atoms with Crippen molar-refractivity contribution in [1.82, 2.24) is 34.1 Å². The van der Waals surface area contributed by atoms with Gasteiger partial charge in [0.05, 0.1) is 47.0 Å². The number of pyridine rings is 1. The number of aromatic nitrogens is 7. The van der Waals surface area contributed by atoms with Gasteiger partial charge in [-0.05, 0) is 43.2 Å². The van der Waals surface area contributed by atoms with Crippen molar-refractivity contribution in [3.8, 4) is 33.8 Å². The highest BCUT2D eigenvalue weighted by molar-refractivity contribution is 6.31. The molecule has 1 aliphatic rings. The molecule has 0 fully saturated rings. The lowest BCUT2D eigenvalue weighted by molar-refractivity contribution is -0.119. The number of nitrogens with one attached hydrogen (secondary N) is 1. The molecule has 2 bridgehead atoms. The number of hydrogen-bond acceptors (Lipinski definition) is 6. The van der Waals surface area contributed by atoms with E-state index in [1.807, 2.05) is 51.5 Å². The molecular formula is C30H29ClN8O2. The first-order valence-electron chi connectivity index (χ1n) is 13.5. The molecule has 2 atom stereocenters. The molecule has 0 saturated carbocycles. The zero-order valence-corrected chi connectivity index (χ0v) is 23.7. The van der Waals surface area contributed by atoms with Crippen molar-refractivity contribution in [3.63, 3.8) is 0 Å². The molecule has 41 heavy (non-hydrogen) atoms.